The topological polar surface area (TPSA) is 58.6 Å². The Balaban J connectivity index is 2.08. The molecule has 1 aromatic rings. The van der Waals surface area contributed by atoms with Crippen molar-refractivity contribution in [3.8, 4) is 5.75 Å². The molecule has 1 aliphatic rings. The summed E-state index contributed by atoms with van der Waals surface area (Å²) in [7, 11) is 0. The largest absolute Gasteiger partial charge is 0.488 e. The number of benzene rings is 1. The second-order valence-electron chi connectivity index (χ2n) is 4.61. The molecule has 3 unspecified atom stereocenters. The molecule has 0 bridgehead atoms. The highest BCUT2D eigenvalue weighted by Gasteiger charge is 2.37. The van der Waals surface area contributed by atoms with Gasteiger partial charge in [-0.1, -0.05) is 23.2 Å². The lowest BCUT2D eigenvalue weighted by Crippen LogP contribution is -2.43. The van der Waals surface area contributed by atoms with Crippen molar-refractivity contribution in [2.24, 2.45) is 5.92 Å². The first-order chi connectivity index (χ1) is 8.99. The molecule has 0 radical (unpaired) electrons. The monoisotopic (exact) mass is 303 g/mol. The standard InChI is InChI=1S/C13H15Cl2NO3/c1-7(12-9(13(17)18)4-5-16-12)19-11-3-2-8(14)6-10(11)15/h2-3,6-7,9,12,16H,4-5H2,1H3,(H,17,18). The van der Waals surface area contributed by atoms with Crippen molar-refractivity contribution >= 4 is 29.2 Å². The number of nitrogens with one attached hydrogen (secondary N) is 1. The first-order valence-electron chi connectivity index (χ1n) is 6.07. The number of ether oxygens (including phenoxy) is 1. The molecule has 104 valence electrons. The molecule has 6 heteroatoms. The lowest BCUT2D eigenvalue weighted by Gasteiger charge is -2.25. The van der Waals surface area contributed by atoms with E-state index in [1.165, 1.54) is 0 Å². The molecule has 0 aliphatic carbocycles. The van der Waals surface area contributed by atoms with Crippen LogP contribution in [-0.4, -0.2) is 29.8 Å². The van der Waals surface area contributed by atoms with Crippen LogP contribution in [0.15, 0.2) is 18.2 Å². The first kappa shape index (κ1) is 14.4. The van der Waals surface area contributed by atoms with Crippen molar-refractivity contribution in [3.05, 3.63) is 28.2 Å². The van der Waals surface area contributed by atoms with Crippen LogP contribution in [0.2, 0.25) is 10.0 Å². The highest BCUT2D eigenvalue weighted by atomic mass is 35.5. The number of carbonyl (C=O) groups is 1. The van der Waals surface area contributed by atoms with E-state index in [9.17, 15) is 4.79 Å². The molecule has 2 rings (SSSR count). The van der Waals surface area contributed by atoms with Gasteiger partial charge in [0, 0.05) is 5.02 Å². The van der Waals surface area contributed by atoms with E-state index in [4.69, 9.17) is 33.0 Å². The lowest BCUT2D eigenvalue weighted by molar-refractivity contribution is -0.142. The molecular weight excluding hydrogens is 289 g/mol. The fourth-order valence-corrected chi connectivity index (χ4v) is 2.79. The zero-order chi connectivity index (χ0) is 14.0. The summed E-state index contributed by atoms with van der Waals surface area (Å²) in [6.45, 7) is 2.52. The van der Waals surface area contributed by atoms with Gasteiger partial charge in [0.05, 0.1) is 17.0 Å². The normalized spacial score (nSPS) is 24.2. The minimum Gasteiger partial charge on any atom is -0.488 e. The Morgan fingerprint density at radius 3 is 2.89 bits per heavy atom. The minimum absolute atomic E-state index is 0.218. The highest BCUT2D eigenvalue weighted by molar-refractivity contribution is 6.35. The van der Waals surface area contributed by atoms with Crippen LogP contribution in [0, 0.1) is 5.92 Å². The SMILES string of the molecule is CC(Oc1ccc(Cl)cc1Cl)C1NCCC1C(=O)O. The van der Waals surface area contributed by atoms with Gasteiger partial charge in [0.15, 0.2) is 0 Å². The van der Waals surface area contributed by atoms with E-state index in [2.05, 4.69) is 5.32 Å². The van der Waals surface area contributed by atoms with Gasteiger partial charge < -0.3 is 15.2 Å². The summed E-state index contributed by atoms with van der Waals surface area (Å²) in [5, 5.41) is 13.3. The Morgan fingerprint density at radius 2 is 2.26 bits per heavy atom. The molecule has 19 heavy (non-hydrogen) atoms. The lowest BCUT2D eigenvalue weighted by atomic mass is 9.97. The van der Waals surface area contributed by atoms with Crippen LogP contribution >= 0.6 is 23.2 Å². The van der Waals surface area contributed by atoms with Crippen LogP contribution in [0.25, 0.3) is 0 Å². The predicted molar refractivity (Wildman–Crippen MR) is 74.1 cm³/mol. The van der Waals surface area contributed by atoms with Gasteiger partial charge in [-0.25, -0.2) is 0 Å². The Labute approximate surface area is 121 Å². The number of rotatable bonds is 4. The summed E-state index contributed by atoms with van der Waals surface area (Å²) in [5.74, 6) is -0.717. The second kappa shape index (κ2) is 5.99. The van der Waals surface area contributed by atoms with Crippen LogP contribution in [-0.2, 0) is 4.79 Å². The summed E-state index contributed by atoms with van der Waals surface area (Å²) in [6.07, 6.45) is 0.324. The molecule has 1 heterocycles. The van der Waals surface area contributed by atoms with E-state index in [1.54, 1.807) is 18.2 Å². The van der Waals surface area contributed by atoms with Gasteiger partial charge in [0.1, 0.15) is 11.9 Å². The number of hydrogen-bond donors (Lipinski definition) is 2. The maximum atomic E-state index is 11.1. The van der Waals surface area contributed by atoms with Gasteiger partial charge in [-0.05, 0) is 38.1 Å². The maximum absolute atomic E-state index is 11.1. The van der Waals surface area contributed by atoms with E-state index < -0.39 is 11.9 Å². The molecule has 3 atom stereocenters. The Hall–Kier alpha value is -0.970. The smallest absolute Gasteiger partial charge is 0.308 e. The van der Waals surface area contributed by atoms with Crippen LogP contribution in [0.3, 0.4) is 0 Å². The summed E-state index contributed by atoms with van der Waals surface area (Å²) in [4.78, 5) is 11.1. The molecule has 0 saturated carbocycles. The molecule has 0 aromatic heterocycles. The third kappa shape index (κ3) is 3.32. The number of aliphatic carboxylic acids is 1. The van der Waals surface area contributed by atoms with Crippen LogP contribution in [0.5, 0.6) is 5.75 Å². The fourth-order valence-electron chi connectivity index (χ4n) is 2.34. The average molecular weight is 304 g/mol. The van der Waals surface area contributed by atoms with Crippen molar-refractivity contribution in [1.29, 1.82) is 0 Å². The van der Waals surface area contributed by atoms with Crippen LogP contribution < -0.4 is 10.1 Å². The summed E-state index contributed by atoms with van der Waals surface area (Å²) >= 11 is 11.8. The van der Waals surface area contributed by atoms with E-state index in [-0.39, 0.29) is 12.1 Å². The van der Waals surface area contributed by atoms with E-state index >= 15 is 0 Å². The van der Waals surface area contributed by atoms with E-state index in [0.29, 0.717) is 28.8 Å². The third-order valence-corrected chi connectivity index (χ3v) is 3.83. The average Bonchev–Trinajstić information content (AvgIpc) is 2.82. The zero-order valence-corrected chi connectivity index (χ0v) is 11.9. The first-order valence-corrected chi connectivity index (χ1v) is 6.82. The van der Waals surface area contributed by atoms with E-state index in [1.807, 2.05) is 6.92 Å². The zero-order valence-electron chi connectivity index (χ0n) is 10.4. The molecule has 2 N–H and O–H groups in total. The molecule has 1 aromatic carbocycles. The van der Waals surface area contributed by atoms with Crippen molar-refractivity contribution < 1.29 is 14.6 Å². The third-order valence-electron chi connectivity index (χ3n) is 3.30. The van der Waals surface area contributed by atoms with Gasteiger partial charge in [-0.2, -0.15) is 0 Å². The van der Waals surface area contributed by atoms with Crippen LogP contribution in [0.4, 0.5) is 0 Å². The molecule has 1 aliphatic heterocycles. The van der Waals surface area contributed by atoms with E-state index in [0.717, 1.165) is 0 Å². The Bertz CT molecular complexity index is 481. The number of carboxylic acid groups (broad SMARTS) is 1. The number of halogens is 2. The molecular formula is C13H15Cl2NO3. The molecule has 1 saturated heterocycles. The van der Waals surface area contributed by atoms with Crippen molar-refractivity contribution in [1.82, 2.24) is 5.32 Å². The Kier molecular flexibility index (Phi) is 4.55. The minimum atomic E-state index is -0.798. The number of carboxylic acids is 1. The molecule has 0 amide bonds. The Morgan fingerprint density at radius 1 is 1.53 bits per heavy atom. The molecule has 0 spiro atoms. The van der Waals surface area contributed by atoms with Gasteiger partial charge in [-0.15, -0.1) is 0 Å². The fraction of sp³-hybridized carbons (Fsp3) is 0.462. The van der Waals surface area contributed by atoms with Crippen molar-refractivity contribution in [2.45, 2.75) is 25.5 Å². The van der Waals surface area contributed by atoms with Gasteiger partial charge in [0.2, 0.25) is 0 Å². The highest BCUT2D eigenvalue weighted by Crippen LogP contribution is 2.30. The molecule has 1 fully saturated rings. The summed E-state index contributed by atoms with van der Waals surface area (Å²) in [6, 6.07) is 4.75. The summed E-state index contributed by atoms with van der Waals surface area (Å²) in [5.41, 5.74) is 0. The van der Waals surface area contributed by atoms with Gasteiger partial charge >= 0.3 is 5.97 Å². The second-order valence-corrected chi connectivity index (χ2v) is 5.45. The van der Waals surface area contributed by atoms with Crippen LogP contribution in [0.1, 0.15) is 13.3 Å². The molecule has 4 nitrogen and oxygen atoms in total. The maximum Gasteiger partial charge on any atom is 0.308 e. The number of hydrogen-bond acceptors (Lipinski definition) is 3. The summed E-state index contributed by atoms with van der Waals surface area (Å²) < 4.78 is 5.75. The van der Waals surface area contributed by atoms with Gasteiger partial charge in [0.25, 0.3) is 0 Å². The van der Waals surface area contributed by atoms with Crippen molar-refractivity contribution in [3.63, 3.8) is 0 Å². The van der Waals surface area contributed by atoms with Gasteiger partial charge in [-0.3, -0.25) is 4.79 Å². The van der Waals surface area contributed by atoms with Crippen molar-refractivity contribution in [2.75, 3.05) is 6.54 Å². The predicted octanol–water partition coefficient (Wildman–Crippen LogP) is 2.82. The quantitative estimate of drug-likeness (QED) is 0.898.